The average Bonchev–Trinajstić information content (AvgIpc) is 2.88. The molecular weight excluding hydrogens is 492 g/mol. The Kier molecular flexibility index (Phi) is 8.55. The quantitative estimate of drug-likeness (QED) is 0.303. The minimum absolute atomic E-state index is 0.00451. The number of carbonyl (C=O) groups excluding carboxylic acids is 1. The van der Waals surface area contributed by atoms with Crippen LogP contribution < -0.4 is 0 Å². The van der Waals surface area contributed by atoms with Crippen LogP contribution in [0.5, 0.6) is 0 Å². The van der Waals surface area contributed by atoms with Gasteiger partial charge in [-0.25, -0.2) is 8.42 Å². The summed E-state index contributed by atoms with van der Waals surface area (Å²) in [6.45, 7) is 13.1. The van der Waals surface area contributed by atoms with Gasteiger partial charge in [0.2, 0.25) is 10.0 Å². The molecule has 0 saturated heterocycles. The van der Waals surface area contributed by atoms with Crippen LogP contribution in [0.2, 0.25) is 0 Å². The molecule has 1 aliphatic rings. The first-order valence-electron chi connectivity index (χ1n) is 13.5. The van der Waals surface area contributed by atoms with Crippen LogP contribution in [-0.2, 0) is 29.5 Å². The molecule has 0 amide bonds. The highest BCUT2D eigenvalue weighted by molar-refractivity contribution is 7.89. The molecule has 0 N–H and O–H groups in total. The normalized spacial score (nSPS) is 14.5. The van der Waals surface area contributed by atoms with Gasteiger partial charge < -0.3 is 0 Å². The lowest BCUT2D eigenvalue weighted by molar-refractivity contribution is 0.0945. The van der Waals surface area contributed by atoms with Crippen LogP contribution in [0.15, 0.2) is 71.6 Å². The fraction of sp³-hybridized carbons (Fsp3) is 0.406. The van der Waals surface area contributed by atoms with E-state index in [2.05, 4.69) is 56.9 Å². The predicted molar refractivity (Wildman–Crippen MR) is 154 cm³/mol. The smallest absolute Gasteiger partial charge is 0.243 e. The predicted octanol–water partition coefficient (Wildman–Crippen LogP) is 6.31. The Balaban J connectivity index is 1.36. The highest BCUT2D eigenvalue weighted by atomic mass is 32.2. The number of rotatable bonds is 9. The van der Waals surface area contributed by atoms with Crippen molar-refractivity contribution in [3.63, 3.8) is 0 Å². The van der Waals surface area contributed by atoms with Crippen molar-refractivity contribution in [2.75, 3.05) is 13.1 Å². The lowest BCUT2D eigenvalue weighted by atomic mass is 9.95. The summed E-state index contributed by atoms with van der Waals surface area (Å²) in [5.41, 5.74) is 6.34. The molecular formula is C32H40N2O3S. The fourth-order valence-electron chi connectivity index (χ4n) is 4.91. The van der Waals surface area contributed by atoms with Gasteiger partial charge in [-0.05, 0) is 88.9 Å². The van der Waals surface area contributed by atoms with Gasteiger partial charge >= 0.3 is 0 Å². The van der Waals surface area contributed by atoms with Gasteiger partial charge in [0.25, 0.3) is 0 Å². The summed E-state index contributed by atoms with van der Waals surface area (Å²) in [5, 5.41) is 0. The molecule has 0 bridgehead atoms. The first-order chi connectivity index (χ1) is 17.9. The number of carbonyl (C=O) groups is 1. The Morgan fingerprint density at radius 2 is 1.53 bits per heavy atom. The van der Waals surface area contributed by atoms with E-state index in [-0.39, 0.29) is 11.3 Å². The SMILES string of the molecule is Cc1ccc(CN(CCCC(=O)c2ccc3c(c2)CCN(S(=O)(=O)c2ccc(C)cc2)C3)C(C)(C)C)cc1. The number of nitrogens with zero attached hydrogens (tertiary/aromatic N) is 2. The van der Waals surface area contributed by atoms with Crippen LogP contribution in [0.3, 0.4) is 0 Å². The Morgan fingerprint density at radius 3 is 2.16 bits per heavy atom. The molecule has 0 fully saturated rings. The topological polar surface area (TPSA) is 57.7 Å². The zero-order valence-corrected chi connectivity index (χ0v) is 24.1. The van der Waals surface area contributed by atoms with E-state index in [9.17, 15) is 13.2 Å². The number of fused-ring (bicyclic) bond motifs is 1. The fourth-order valence-corrected chi connectivity index (χ4v) is 6.32. The minimum atomic E-state index is -3.54. The third kappa shape index (κ3) is 6.79. The highest BCUT2D eigenvalue weighted by Crippen LogP contribution is 2.27. The summed E-state index contributed by atoms with van der Waals surface area (Å²) >= 11 is 0. The maximum Gasteiger partial charge on any atom is 0.243 e. The third-order valence-corrected chi connectivity index (χ3v) is 9.30. The van der Waals surface area contributed by atoms with E-state index in [1.54, 1.807) is 12.1 Å². The van der Waals surface area contributed by atoms with E-state index in [1.807, 2.05) is 37.3 Å². The standard InChI is InChI=1S/C32H40N2O3S/c1-24-8-12-26(13-9-24)22-33(32(3,4)5)19-6-7-31(35)28-14-15-29-23-34(20-18-27(29)21-28)38(36,37)30-16-10-25(2)11-17-30/h8-17,21H,6-7,18-20,22-23H2,1-5H3. The van der Waals surface area contributed by atoms with Gasteiger partial charge in [-0.2, -0.15) is 4.31 Å². The molecule has 0 atom stereocenters. The van der Waals surface area contributed by atoms with Gasteiger partial charge in [0.05, 0.1) is 4.90 Å². The summed E-state index contributed by atoms with van der Waals surface area (Å²) in [6, 6.07) is 21.4. The van der Waals surface area contributed by atoms with Crippen molar-refractivity contribution in [2.45, 2.75) is 77.4 Å². The lowest BCUT2D eigenvalue weighted by Gasteiger charge is -2.36. The van der Waals surface area contributed by atoms with Crippen LogP contribution >= 0.6 is 0 Å². The van der Waals surface area contributed by atoms with Gasteiger partial charge in [0.1, 0.15) is 0 Å². The summed E-state index contributed by atoms with van der Waals surface area (Å²) < 4.78 is 27.8. The maximum atomic E-state index is 13.1. The number of sulfonamides is 1. The summed E-state index contributed by atoms with van der Waals surface area (Å²) in [4.78, 5) is 15.8. The van der Waals surface area contributed by atoms with Crippen molar-refractivity contribution >= 4 is 15.8 Å². The molecule has 1 aliphatic heterocycles. The zero-order chi connectivity index (χ0) is 27.5. The summed E-state index contributed by atoms with van der Waals surface area (Å²) in [6.07, 6.45) is 1.89. The van der Waals surface area contributed by atoms with E-state index in [0.29, 0.717) is 30.8 Å². The van der Waals surface area contributed by atoms with E-state index in [0.717, 1.165) is 41.8 Å². The second-order valence-electron chi connectivity index (χ2n) is 11.5. The number of benzene rings is 3. The van der Waals surface area contributed by atoms with Crippen LogP contribution in [0.4, 0.5) is 0 Å². The monoisotopic (exact) mass is 532 g/mol. The Labute approximate surface area is 228 Å². The van der Waals surface area contributed by atoms with Crippen molar-refractivity contribution in [3.8, 4) is 0 Å². The maximum absolute atomic E-state index is 13.1. The molecule has 3 aromatic carbocycles. The molecule has 0 saturated carbocycles. The molecule has 0 aromatic heterocycles. The number of hydrogen-bond donors (Lipinski definition) is 0. The molecule has 5 nitrogen and oxygen atoms in total. The average molecular weight is 533 g/mol. The van der Waals surface area contributed by atoms with Crippen molar-refractivity contribution in [2.24, 2.45) is 0 Å². The van der Waals surface area contributed by atoms with Crippen molar-refractivity contribution < 1.29 is 13.2 Å². The van der Waals surface area contributed by atoms with E-state index in [1.165, 1.54) is 15.4 Å². The van der Waals surface area contributed by atoms with Gasteiger partial charge in [0, 0.05) is 37.2 Å². The van der Waals surface area contributed by atoms with Crippen LogP contribution in [-0.4, -0.2) is 42.0 Å². The molecule has 0 unspecified atom stereocenters. The summed E-state index contributed by atoms with van der Waals surface area (Å²) in [7, 11) is -3.54. The van der Waals surface area contributed by atoms with Crippen LogP contribution in [0.25, 0.3) is 0 Å². The van der Waals surface area contributed by atoms with E-state index < -0.39 is 10.0 Å². The molecule has 0 radical (unpaired) electrons. The van der Waals surface area contributed by atoms with Crippen LogP contribution in [0, 0.1) is 13.8 Å². The molecule has 6 heteroatoms. The van der Waals surface area contributed by atoms with Crippen molar-refractivity contribution in [1.82, 2.24) is 9.21 Å². The second kappa shape index (κ2) is 11.5. The van der Waals surface area contributed by atoms with Gasteiger partial charge in [-0.1, -0.05) is 59.7 Å². The molecule has 4 rings (SSSR count). The number of aryl methyl sites for hydroxylation is 2. The Bertz CT molecular complexity index is 1370. The number of Topliss-reactive ketones (excluding diaryl/α,β-unsaturated/α-hetero) is 1. The number of hydrogen-bond acceptors (Lipinski definition) is 4. The minimum Gasteiger partial charge on any atom is -0.294 e. The highest BCUT2D eigenvalue weighted by Gasteiger charge is 2.29. The lowest BCUT2D eigenvalue weighted by Crippen LogP contribution is -2.41. The van der Waals surface area contributed by atoms with Crippen molar-refractivity contribution in [3.05, 3.63) is 100 Å². The van der Waals surface area contributed by atoms with Crippen LogP contribution in [0.1, 0.15) is 71.8 Å². The Morgan fingerprint density at radius 1 is 0.895 bits per heavy atom. The van der Waals surface area contributed by atoms with E-state index >= 15 is 0 Å². The molecule has 0 spiro atoms. The first kappa shape index (κ1) is 28.2. The first-order valence-corrected chi connectivity index (χ1v) is 14.9. The van der Waals surface area contributed by atoms with Gasteiger partial charge in [-0.3, -0.25) is 9.69 Å². The summed E-state index contributed by atoms with van der Waals surface area (Å²) in [5.74, 6) is 0.145. The van der Waals surface area contributed by atoms with E-state index in [4.69, 9.17) is 0 Å². The molecule has 3 aromatic rings. The number of ketones is 1. The molecule has 0 aliphatic carbocycles. The largest absolute Gasteiger partial charge is 0.294 e. The van der Waals surface area contributed by atoms with Gasteiger partial charge in [-0.15, -0.1) is 0 Å². The molecule has 202 valence electrons. The van der Waals surface area contributed by atoms with Crippen molar-refractivity contribution in [1.29, 1.82) is 0 Å². The third-order valence-electron chi connectivity index (χ3n) is 7.44. The Hall–Kier alpha value is -2.80. The van der Waals surface area contributed by atoms with Gasteiger partial charge in [0.15, 0.2) is 5.78 Å². The second-order valence-corrected chi connectivity index (χ2v) is 13.4. The zero-order valence-electron chi connectivity index (χ0n) is 23.3. The molecule has 1 heterocycles. The molecule has 38 heavy (non-hydrogen) atoms.